The van der Waals surface area contributed by atoms with Crippen molar-refractivity contribution in [3.05, 3.63) is 83.8 Å². The third-order valence-corrected chi connectivity index (χ3v) is 4.54. The van der Waals surface area contributed by atoms with E-state index in [2.05, 4.69) is 25.8 Å². The van der Waals surface area contributed by atoms with Crippen LogP contribution in [0.15, 0.2) is 67.0 Å². The van der Waals surface area contributed by atoms with Crippen LogP contribution in [0.4, 0.5) is 5.82 Å². The van der Waals surface area contributed by atoms with E-state index < -0.39 is 11.8 Å². The van der Waals surface area contributed by atoms with Gasteiger partial charge in [0.15, 0.2) is 11.5 Å². The monoisotopic (exact) mass is 398 g/mol. The molecule has 0 radical (unpaired) electrons. The second kappa shape index (κ2) is 7.96. The molecule has 0 aliphatic heterocycles. The number of nitrogen functional groups attached to an aromatic ring is 1. The van der Waals surface area contributed by atoms with Crippen LogP contribution in [0.25, 0.3) is 22.2 Å². The van der Waals surface area contributed by atoms with E-state index in [0.29, 0.717) is 22.2 Å². The third-order valence-electron chi connectivity index (χ3n) is 4.54. The molecule has 4 rings (SSSR count). The summed E-state index contributed by atoms with van der Waals surface area (Å²) in [7, 11) is 0. The van der Waals surface area contributed by atoms with Crippen molar-refractivity contribution in [2.45, 2.75) is 6.92 Å². The van der Waals surface area contributed by atoms with Gasteiger partial charge in [-0.2, -0.15) is 0 Å². The standard InChI is InChI=1S/C22H18N6O2/c1-13-6-8-14(9-7-13)18-12-16(15-4-2-3-5-17(15)26-18)21(29)27-28-22(30)19-20(23)25-11-10-24-19/h2-12H,1H3,(H2,23,25)(H,27,29)(H,28,30). The minimum Gasteiger partial charge on any atom is -0.382 e. The van der Waals surface area contributed by atoms with Crippen LogP contribution in [0.3, 0.4) is 0 Å². The normalized spacial score (nSPS) is 10.6. The molecule has 0 saturated carbocycles. The van der Waals surface area contributed by atoms with Crippen LogP contribution in [-0.2, 0) is 0 Å². The Bertz CT molecular complexity index is 1250. The van der Waals surface area contributed by atoms with Crippen molar-refractivity contribution in [2.75, 3.05) is 5.73 Å². The van der Waals surface area contributed by atoms with Gasteiger partial charge in [-0.15, -0.1) is 0 Å². The molecule has 0 aliphatic carbocycles. The summed E-state index contributed by atoms with van der Waals surface area (Å²) < 4.78 is 0. The lowest BCUT2D eigenvalue weighted by Crippen LogP contribution is -2.42. The van der Waals surface area contributed by atoms with Crippen LogP contribution < -0.4 is 16.6 Å². The van der Waals surface area contributed by atoms with Crippen molar-refractivity contribution in [2.24, 2.45) is 0 Å². The molecular formula is C22H18N6O2. The van der Waals surface area contributed by atoms with Gasteiger partial charge in [-0.25, -0.2) is 15.0 Å². The highest BCUT2D eigenvalue weighted by Gasteiger charge is 2.17. The zero-order valence-corrected chi connectivity index (χ0v) is 16.1. The molecule has 0 bridgehead atoms. The van der Waals surface area contributed by atoms with Gasteiger partial charge in [0, 0.05) is 23.3 Å². The Labute approximate surface area is 172 Å². The Morgan fingerprint density at radius 3 is 2.37 bits per heavy atom. The van der Waals surface area contributed by atoms with Crippen LogP contribution in [-0.4, -0.2) is 26.8 Å². The number of aromatic nitrogens is 3. The summed E-state index contributed by atoms with van der Waals surface area (Å²) in [6, 6.07) is 16.9. The molecular weight excluding hydrogens is 380 g/mol. The highest BCUT2D eigenvalue weighted by atomic mass is 16.2. The largest absolute Gasteiger partial charge is 0.382 e. The van der Waals surface area contributed by atoms with E-state index in [1.165, 1.54) is 12.4 Å². The SMILES string of the molecule is Cc1ccc(-c2cc(C(=O)NNC(=O)c3nccnc3N)c3ccccc3n2)cc1. The average Bonchev–Trinajstić information content (AvgIpc) is 2.77. The molecule has 0 fully saturated rings. The number of amides is 2. The molecule has 148 valence electrons. The molecule has 2 aromatic heterocycles. The van der Waals surface area contributed by atoms with Crippen molar-refractivity contribution in [1.29, 1.82) is 0 Å². The van der Waals surface area contributed by atoms with Crippen molar-refractivity contribution < 1.29 is 9.59 Å². The van der Waals surface area contributed by atoms with Crippen molar-refractivity contribution in [1.82, 2.24) is 25.8 Å². The Balaban J connectivity index is 1.65. The molecule has 30 heavy (non-hydrogen) atoms. The number of anilines is 1. The van der Waals surface area contributed by atoms with E-state index in [1.54, 1.807) is 12.1 Å². The first-order valence-electron chi connectivity index (χ1n) is 9.17. The number of pyridine rings is 1. The van der Waals surface area contributed by atoms with Gasteiger partial charge in [0.25, 0.3) is 11.8 Å². The first kappa shape index (κ1) is 19.0. The second-order valence-electron chi connectivity index (χ2n) is 6.64. The molecule has 4 N–H and O–H groups in total. The summed E-state index contributed by atoms with van der Waals surface area (Å²) in [6.07, 6.45) is 2.72. The van der Waals surface area contributed by atoms with Gasteiger partial charge in [0.05, 0.1) is 16.8 Å². The maximum atomic E-state index is 12.9. The molecule has 2 heterocycles. The molecule has 0 atom stereocenters. The number of para-hydroxylation sites is 1. The fraction of sp³-hybridized carbons (Fsp3) is 0.0455. The Kier molecular flexibility index (Phi) is 5.04. The molecule has 0 aliphatic rings. The highest BCUT2D eigenvalue weighted by Crippen LogP contribution is 2.25. The lowest BCUT2D eigenvalue weighted by atomic mass is 10.0. The summed E-state index contributed by atoms with van der Waals surface area (Å²) >= 11 is 0. The van der Waals surface area contributed by atoms with E-state index in [9.17, 15) is 9.59 Å². The number of carbonyl (C=O) groups excluding carboxylic acids is 2. The fourth-order valence-corrected chi connectivity index (χ4v) is 3.00. The van der Waals surface area contributed by atoms with Gasteiger partial charge in [0.2, 0.25) is 0 Å². The summed E-state index contributed by atoms with van der Waals surface area (Å²) in [6.45, 7) is 2.00. The number of hydrazine groups is 1. The zero-order valence-electron chi connectivity index (χ0n) is 16.1. The third kappa shape index (κ3) is 3.79. The summed E-state index contributed by atoms with van der Waals surface area (Å²) in [4.78, 5) is 37.5. The first-order valence-corrected chi connectivity index (χ1v) is 9.17. The van der Waals surface area contributed by atoms with Crippen molar-refractivity contribution in [3.8, 4) is 11.3 Å². The van der Waals surface area contributed by atoms with Crippen LogP contribution in [0.2, 0.25) is 0 Å². The molecule has 2 aromatic carbocycles. The topological polar surface area (TPSA) is 123 Å². The van der Waals surface area contributed by atoms with Gasteiger partial charge in [-0.3, -0.25) is 20.4 Å². The average molecular weight is 398 g/mol. The Morgan fingerprint density at radius 1 is 0.900 bits per heavy atom. The van der Waals surface area contributed by atoms with Gasteiger partial charge < -0.3 is 5.73 Å². The second-order valence-corrected chi connectivity index (χ2v) is 6.64. The predicted octanol–water partition coefficient (Wildman–Crippen LogP) is 2.66. The van der Waals surface area contributed by atoms with Gasteiger partial charge >= 0.3 is 0 Å². The minimum absolute atomic E-state index is 0.0275. The quantitative estimate of drug-likeness (QED) is 0.456. The zero-order chi connectivity index (χ0) is 21.1. The van der Waals surface area contributed by atoms with Crippen LogP contribution in [0.1, 0.15) is 26.4 Å². The van der Waals surface area contributed by atoms with Crippen molar-refractivity contribution in [3.63, 3.8) is 0 Å². The highest BCUT2D eigenvalue weighted by molar-refractivity contribution is 6.08. The fourth-order valence-electron chi connectivity index (χ4n) is 3.00. The number of nitrogens with zero attached hydrogens (tertiary/aromatic N) is 3. The summed E-state index contributed by atoms with van der Waals surface area (Å²) in [5, 5.41) is 0.666. The molecule has 2 amide bonds. The number of nitrogens with two attached hydrogens (primary N) is 1. The number of rotatable bonds is 3. The number of nitrogens with one attached hydrogen (secondary N) is 2. The maximum absolute atomic E-state index is 12.9. The van der Waals surface area contributed by atoms with E-state index in [4.69, 9.17) is 5.73 Å². The molecule has 0 spiro atoms. The number of fused-ring (bicyclic) bond motifs is 1. The Morgan fingerprint density at radius 2 is 1.60 bits per heavy atom. The van der Waals surface area contributed by atoms with Gasteiger partial charge in [-0.1, -0.05) is 48.0 Å². The molecule has 4 aromatic rings. The molecule has 8 nitrogen and oxygen atoms in total. The summed E-state index contributed by atoms with van der Waals surface area (Å²) in [5.41, 5.74) is 14.0. The van der Waals surface area contributed by atoms with Crippen LogP contribution in [0, 0.1) is 6.92 Å². The number of hydrogen-bond donors (Lipinski definition) is 3. The first-order chi connectivity index (χ1) is 14.5. The summed E-state index contributed by atoms with van der Waals surface area (Å²) in [5.74, 6) is -1.18. The molecule has 0 unspecified atom stereocenters. The van der Waals surface area contributed by atoms with Gasteiger partial charge in [0.1, 0.15) is 0 Å². The van der Waals surface area contributed by atoms with E-state index in [0.717, 1.165) is 11.1 Å². The lowest BCUT2D eigenvalue weighted by molar-refractivity contribution is 0.0845. The number of benzene rings is 2. The van der Waals surface area contributed by atoms with E-state index in [1.807, 2.05) is 49.4 Å². The smallest absolute Gasteiger partial charge is 0.292 e. The lowest BCUT2D eigenvalue weighted by Gasteiger charge is -2.11. The van der Waals surface area contributed by atoms with E-state index in [-0.39, 0.29) is 11.5 Å². The van der Waals surface area contributed by atoms with Crippen LogP contribution >= 0.6 is 0 Å². The van der Waals surface area contributed by atoms with E-state index >= 15 is 0 Å². The number of hydrogen-bond acceptors (Lipinski definition) is 6. The van der Waals surface area contributed by atoms with Crippen LogP contribution in [0.5, 0.6) is 0 Å². The predicted molar refractivity (Wildman–Crippen MR) is 113 cm³/mol. The number of aryl methyl sites for hydroxylation is 1. The minimum atomic E-state index is -0.661. The number of carbonyl (C=O) groups is 2. The van der Waals surface area contributed by atoms with Gasteiger partial charge in [-0.05, 0) is 19.1 Å². The molecule has 0 saturated heterocycles. The Hall–Kier alpha value is -4.33. The maximum Gasteiger partial charge on any atom is 0.292 e. The van der Waals surface area contributed by atoms with Crippen molar-refractivity contribution >= 4 is 28.5 Å². The molecule has 8 heteroatoms.